The van der Waals surface area contributed by atoms with E-state index in [-0.39, 0.29) is 11.9 Å². The molecule has 0 saturated carbocycles. The number of carbonyl (C=O) groups excluding carboxylic acids is 1. The van der Waals surface area contributed by atoms with Crippen molar-refractivity contribution in [2.75, 3.05) is 31.1 Å². The van der Waals surface area contributed by atoms with Gasteiger partial charge in [0.15, 0.2) is 5.82 Å². The molecule has 156 valence electrons. The highest BCUT2D eigenvalue weighted by Gasteiger charge is 2.22. The second-order valence-corrected chi connectivity index (χ2v) is 8.44. The van der Waals surface area contributed by atoms with E-state index in [1.165, 1.54) is 5.69 Å². The van der Waals surface area contributed by atoms with Gasteiger partial charge in [0, 0.05) is 56.4 Å². The van der Waals surface area contributed by atoms with Gasteiger partial charge in [0.25, 0.3) is 5.91 Å². The van der Waals surface area contributed by atoms with Crippen LogP contribution < -0.4 is 10.2 Å². The van der Waals surface area contributed by atoms with Gasteiger partial charge < -0.3 is 14.8 Å². The second-order valence-electron chi connectivity index (χ2n) is 8.44. The van der Waals surface area contributed by atoms with Gasteiger partial charge in [-0.25, -0.2) is 0 Å². The Hall–Kier alpha value is -2.41. The van der Waals surface area contributed by atoms with E-state index >= 15 is 0 Å². The Labute approximate surface area is 173 Å². The zero-order valence-electron chi connectivity index (χ0n) is 17.8. The fourth-order valence-electron chi connectivity index (χ4n) is 4.32. The lowest BCUT2D eigenvalue weighted by Crippen LogP contribution is -2.48. The van der Waals surface area contributed by atoms with Gasteiger partial charge >= 0.3 is 0 Å². The number of hydrogen-bond donors (Lipinski definition) is 1. The predicted octanol–water partition coefficient (Wildman–Crippen LogP) is 2.64. The summed E-state index contributed by atoms with van der Waals surface area (Å²) in [5.41, 5.74) is 1.87. The van der Waals surface area contributed by atoms with Crippen LogP contribution >= 0.6 is 0 Å². The van der Waals surface area contributed by atoms with Crippen molar-refractivity contribution in [2.45, 2.75) is 58.7 Å². The standard InChI is InChI=1S/C22H32N6O/c1-16(2)26-12-14-27(15-13-26)19-9-7-18(8-10-19)22(29)23-17(3)21-25-24-20-6-4-5-11-28(20)21/h7-10,16-17H,4-6,11-15H2,1-3H3,(H,23,29). The maximum Gasteiger partial charge on any atom is 0.251 e. The number of piperazine rings is 1. The molecule has 2 aromatic rings. The van der Waals surface area contributed by atoms with E-state index in [0.29, 0.717) is 11.6 Å². The Morgan fingerprint density at radius 3 is 2.38 bits per heavy atom. The number of nitrogens with zero attached hydrogens (tertiary/aromatic N) is 5. The molecule has 1 saturated heterocycles. The number of anilines is 1. The third-order valence-electron chi connectivity index (χ3n) is 6.16. The van der Waals surface area contributed by atoms with E-state index in [1.807, 2.05) is 19.1 Å². The summed E-state index contributed by atoms with van der Waals surface area (Å²) in [6, 6.07) is 8.40. The monoisotopic (exact) mass is 396 g/mol. The quantitative estimate of drug-likeness (QED) is 0.842. The number of carbonyl (C=O) groups is 1. The lowest BCUT2D eigenvalue weighted by atomic mass is 10.1. The third kappa shape index (κ3) is 4.29. The molecule has 1 aromatic carbocycles. The molecule has 0 spiro atoms. The molecule has 29 heavy (non-hydrogen) atoms. The van der Waals surface area contributed by atoms with E-state index in [4.69, 9.17) is 0 Å². The molecule has 1 unspecified atom stereocenters. The van der Waals surface area contributed by atoms with Gasteiger partial charge in [0.05, 0.1) is 6.04 Å². The maximum atomic E-state index is 12.7. The predicted molar refractivity (Wildman–Crippen MR) is 114 cm³/mol. The molecular formula is C22H32N6O. The topological polar surface area (TPSA) is 66.3 Å². The van der Waals surface area contributed by atoms with Gasteiger partial charge in [0.1, 0.15) is 5.82 Å². The first-order valence-corrected chi connectivity index (χ1v) is 10.8. The number of hydrogen-bond acceptors (Lipinski definition) is 5. The largest absolute Gasteiger partial charge is 0.369 e. The SMILES string of the molecule is CC(NC(=O)c1ccc(N2CCN(C(C)C)CC2)cc1)c1nnc2n1CCCC2. The Balaban J connectivity index is 1.36. The number of nitrogens with one attached hydrogen (secondary N) is 1. The Kier molecular flexibility index (Phi) is 5.85. The summed E-state index contributed by atoms with van der Waals surface area (Å²) in [5.74, 6) is 1.82. The lowest BCUT2D eigenvalue weighted by Gasteiger charge is -2.38. The molecule has 1 N–H and O–H groups in total. The van der Waals surface area contributed by atoms with Crippen molar-refractivity contribution in [3.05, 3.63) is 41.5 Å². The van der Waals surface area contributed by atoms with Crippen LogP contribution in [0.5, 0.6) is 0 Å². The van der Waals surface area contributed by atoms with Crippen LogP contribution in [0.15, 0.2) is 24.3 Å². The lowest BCUT2D eigenvalue weighted by molar-refractivity contribution is 0.0937. The van der Waals surface area contributed by atoms with Gasteiger partial charge in [-0.2, -0.15) is 0 Å². The van der Waals surface area contributed by atoms with Crippen molar-refractivity contribution in [3.63, 3.8) is 0 Å². The minimum absolute atomic E-state index is 0.0677. The van der Waals surface area contributed by atoms with Gasteiger partial charge in [-0.3, -0.25) is 9.69 Å². The first-order chi connectivity index (χ1) is 14.0. The molecule has 0 aliphatic carbocycles. The summed E-state index contributed by atoms with van der Waals surface area (Å²) < 4.78 is 2.16. The molecule has 2 aliphatic rings. The maximum absolute atomic E-state index is 12.7. The number of aryl methyl sites for hydroxylation is 1. The summed E-state index contributed by atoms with van der Waals surface area (Å²) in [6.45, 7) is 11.6. The van der Waals surface area contributed by atoms with E-state index in [9.17, 15) is 4.79 Å². The van der Waals surface area contributed by atoms with Crippen molar-refractivity contribution in [1.29, 1.82) is 0 Å². The number of rotatable bonds is 5. The average molecular weight is 397 g/mol. The number of fused-ring (bicyclic) bond motifs is 1. The first-order valence-electron chi connectivity index (χ1n) is 10.8. The van der Waals surface area contributed by atoms with Crippen molar-refractivity contribution in [3.8, 4) is 0 Å². The first kappa shape index (κ1) is 19.9. The van der Waals surface area contributed by atoms with Crippen LogP contribution in [0.25, 0.3) is 0 Å². The van der Waals surface area contributed by atoms with E-state index in [1.54, 1.807) is 0 Å². The fraction of sp³-hybridized carbons (Fsp3) is 0.591. The van der Waals surface area contributed by atoms with Crippen LogP contribution in [-0.2, 0) is 13.0 Å². The summed E-state index contributed by atoms with van der Waals surface area (Å²) in [5, 5.41) is 11.7. The van der Waals surface area contributed by atoms with Crippen molar-refractivity contribution < 1.29 is 4.79 Å². The molecule has 0 radical (unpaired) electrons. The molecule has 1 aromatic heterocycles. The summed E-state index contributed by atoms with van der Waals surface area (Å²) >= 11 is 0. The second kappa shape index (κ2) is 8.53. The molecule has 2 aliphatic heterocycles. The van der Waals surface area contributed by atoms with Crippen LogP contribution in [0.1, 0.15) is 61.7 Å². The van der Waals surface area contributed by atoms with Gasteiger partial charge in [0.2, 0.25) is 0 Å². The highest BCUT2D eigenvalue weighted by Crippen LogP contribution is 2.21. The normalized spacial score (nSPS) is 18.6. The molecule has 7 heteroatoms. The average Bonchev–Trinajstić information content (AvgIpc) is 3.18. The van der Waals surface area contributed by atoms with Crippen LogP contribution in [0.3, 0.4) is 0 Å². The zero-order chi connectivity index (χ0) is 20.4. The number of benzene rings is 1. The molecule has 4 rings (SSSR count). The van der Waals surface area contributed by atoms with Crippen molar-refractivity contribution in [1.82, 2.24) is 25.0 Å². The van der Waals surface area contributed by atoms with E-state index in [0.717, 1.165) is 63.6 Å². The highest BCUT2D eigenvalue weighted by molar-refractivity contribution is 5.94. The molecule has 3 heterocycles. The summed E-state index contributed by atoms with van der Waals surface area (Å²) in [4.78, 5) is 17.6. The van der Waals surface area contributed by atoms with Crippen LogP contribution in [0, 0.1) is 0 Å². The van der Waals surface area contributed by atoms with Crippen molar-refractivity contribution >= 4 is 11.6 Å². The number of amides is 1. The Morgan fingerprint density at radius 2 is 1.69 bits per heavy atom. The van der Waals surface area contributed by atoms with Crippen LogP contribution in [0.2, 0.25) is 0 Å². The molecule has 0 bridgehead atoms. The van der Waals surface area contributed by atoms with E-state index < -0.39 is 0 Å². The fourth-order valence-corrected chi connectivity index (χ4v) is 4.32. The molecule has 1 atom stereocenters. The van der Waals surface area contributed by atoms with Gasteiger partial charge in [-0.15, -0.1) is 10.2 Å². The smallest absolute Gasteiger partial charge is 0.251 e. The summed E-state index contributed by atoms with van der Waals surface area (Å²) in [6.07, 6.45) is 3.28. The molecule has 1 fully saturated rings. The van der Waals surface area contributed by atoms with E-state index in [2.05, 4.69) is 55.9 Å². The molecule has 1 amide bonds. The Morgan fingerprint density at radius 1 is 0.966 bits per heavy atom. The summed E-state index contributed by atoms with van der Waals surface area (Å²) in [7, 11) is 0. The van der Waals surface area contributed by atoms with Crippen LogP contribution in [0.4, 0.5) is 5.69 Å². The minimum Gasteiger partial charge on any atom is -0.369 e. The Bertz CT molecular complexity index is 835. The van der Waals surface area contributed by atoms with Crippen molar-refractivity contribution in [2.24, 2.45) is 0 Å². The highest BCUT2D eigenvalue weighted by atomic mass is 16.1. The number of aromatic nitrogens is 3. The van der Waals surface area contributed by atoms with Gasteiger partial charge in [-0.1, -0.05) is 0 Å². The molecule has 7 nitrogen and oxygen atoms in total. The zero-order valence-corrected chi connectivity index (χ0v) is 17.8. The third-order valence-corrected chi connectivity index (χ3v) is 6.16. The minimum atomic E-state index is -0.161. The van der Waals surface area contributed by atoms with Crippen LogP contribution in [-0.4, -0.2) is 57.8 Å². The molecular weight excluding hydrogens is 364 g/mol. The van der Waals surface area contributed by atoms with Gasteiger partial charge in [-0.05, 0) is 57.9 Å².